The van der Waals surface area contributed by atoms with Crippen LogP contribution in [0.3, 0.4) is 0 Å². The van der Waals surface area contributed by atoms with Gasteiger partial charge in [0.15, 0.2) is 11.0 Å². The fraction of sp³-hybridized carbons (Fsp3) is 0.200. The summed E-state index contributed by atoms with van der Waals surface area (Å²) in [6.07, 6.45) is -1.30. The lowest BCUT2D eigenvalue weighted by Gasteiger charge is -2.15. The van der Waals surface area contributed by atoms with Crippen molar-refractivity contribution in [2.45, 2.75) is 29.6 Å². The molecule has 0 bridgehead atoms. The molecule has 174 valence electrons. The molecule has 0 spiro atoms. The molecule has 0 saturated carbocycles. The number of aryl methyl sites for hydroxylation is 1. The van der Waals surface area contributed by atoms with E-state index >= 15 is 0 Å². The third-order valence-corrected chi connectivity index (χ3v) is 6.29. The van der Waals surface area contributed by atoms with Crippen molar-refractivity contribution in [2.75, 3.05) is 5.75 Å². The number of halogens is 5. The molecule has 2 heterocycles. The Morgan fingerprint density at radius 3 is 2.67 bits per heavy atom. The van der Waals surface area contributed by atoms with Crippen molar-refractivity contribution in [3.05, 3.63) is 79.7 Å². The zero-order chi connectivity index (χ0) is 24.3. The van der Waals surface area contributed by atoms with Crippen LogP contribution in [0.4, 0.5) is 22.0 Å². The molecule has 2 aromatic heterocycles. The van der Waals surface area contributed by atoms with Gasteiger partial charge >= 0.3 is 6.18 Å². The summed E-state index contributed by atoms with van der Waals surface area (Å²) in [5.74, 6) is -2.34. The Hall–Kier alpha value is -2.93. The molecule has 0 radical (unpaired) electrons. The van der Waals surface area contributed by atoms with Crippen LogP contribution in [0.5, 0.6) is 0 Å². The number of aromatic nitrogens is 3. The topological polar surface area (TPSA) is 91.6 Å². The standard InChI is InChI=1S/C20H15F5N4O2S2/c1-10-16(33-9-26)18(31)29(13-6-15(22)17(30)27-7-13)19(28-10)32-8-11-3-2-4-12(5-14(11)21)20(23,24)25/h2,4-7,9,26H,3,8H2,1H3,(H,27,30). The van der Waals surface area contributed by atoms with Crippen molar-refractivity contribution in [1.29, 1.82) is 5.41 Å². The monoisotopic (exact) mass is 502 g/mol. The van der Waals surface area contributed by atoms with Crippen LogP contribution >= 0.6 is 23.5 Å². The first-order valence-electron chi connectivity index (χ1n) is 9.16. The van der Waals surface area contributed by atoms with Crippen LogP contribution in [0, 0.1) is 18.2 Å². The van der Waals surface area contributed by atoms with E-state index < -0.39 is 34.5 Å². The van der Waals surface area contributed by atoms with E-state index in [-0.39, 0.29) is 39.2 Å². The summed E-state index contributed by atoms with van der Waals surface area (Å²) < 4.78 is 68.1. The minimum Gasteiger partial charge on any atom is -0.324 e. The summed E-state index contributed by atoms with van der Waals surface area (Å²) >= 11 is 1.65. The zero-order valence-electron chi connectivity index (χ0n) is 16.8. The first-order valence-corrected chi connectivity index (χ1v) is 11.0. The third kappa shape index (κ3) is 5.53. The summed E-state index contributed by atoms with van der Waals surface area (Å²) in [7, 11) is 0. The second-order valence-corrected chi connectivity index (χ2v) is 8.49. The van der Waals surface area contributed by atoms with Crippen LogP contribution in [0.2, 0.25) is 0 Å². The first-order chi connectivity index (χ1) is 15.5. The summed E-state index contributed by atoms with van der Waals surface area (Å²) in [5.41, 5.74) is -1.62. The quantitative estimate of drug-likeness (QED) is 0.194. The van der Waals surface area contributed by atoms with Gasteiger partial charge in [0.05, 0.1) is 22.5 Å². The number of nitrogens with one attached hydrogen (secondary N) is 2. The molecule has 1 aliphatic carbocycles. The van der Waals surface area contributed by atoms with Gasteiger partial charge in [0, 0.05) is 18.0 Å². The maximum atomic E-state index is 14.5. The second-order valence-electron chi connectivity index (χ2n) is 6.66. The van der Waals surface area contributed by atoms with Gasteiger partial charge in [-0.2, -0.15) is 13.2 Å². The SMILES string of the molecule is Cc1nc(SCC2=C(F)C=C(C(F)(F)F)C=CC2)n(-c2c[nH]c(=O)c(F)c2)c(=O)c1SC=N. The molecule has 0 aliphatic heterocycles. The molecule has 2 aromatic rings. The van der Waals surface area contributed by atoms with Crippen LogP contribution in [-0.2, 0) is 0 Å². The normalized spacial score (nSPS) is 14.3. The maximum absolute atomic E-state index is 14.5. The van der Waals surface area contributed by atoms with Gasteiger partial charge in [0.1, 0.15) is 10.7 Å². The molecular weight excluding hydrogens is 487 g/mol. The van der Waals surface area contributed by atoms with E-state index in [0.29, 0.717) is 6.08 Å². The predicted octanol–water partition coefficient (Wildman–Crippen LogP) is 4.83. The highest BCUT2D eigenvalue weighted by Crippen LogP contribution is 2.33. The molecule has 3 rings (SSSR count). The van der Waals surface area contributed by atoms with Gasteiger partial charge in [0.2, 0.25) is 0 Å². The summed E-state index contributed by atoms with van der Waals surface area (Å²) in [5, 5.41) is 7.26. The fourth-order valence-corrected chi connectivity index (χ4v) is 4.45. The highest BCUT2D eigenvalue weighted by molar-refractivity contribution is 8.12. The van der Waals surface area contributed by atoms with E-state index in [4.69, 9.17) is 5.41 Å². The van der Waals surface area contributed by atoms with E-state index in [9.17, 15) is 31.5 Å². The molecule has 0 fully saturated rings. The summed E-state index contributed by atoms with van der Waals surface area (Å²) in [6, 6.07) is 0.826. The molecule has 2 N–H and O–H groups in total. The first kappa shape index (κ1) is 24.7. The largest absolute Gasteiger partial charge is 0.416 e. The molecule has 0 aromatic carbocycles. The Labute approximate surface area is 191 Å². The van der Waals surface area contributed by atoms with Crippen molar-refractivity contribution in [3.63, 3.8) is 0 Å². The summed E-state index contributed by atoms with van der Waals surface area (Å²) in [6.45, 7) is 1.52. The number of alkyl halides is 3. The Balaban J connectivity index is 2.06. The number of allylic oxidation sites excluding steroid dienone is 5. The predicted molar refractivity (Wildman–Crippen MR) is 117 cm³/mol. The number of H-pyrrole nitrogens is 1. The Bertz CT molecular complexity index is 1310. The van der Waals surface area contributed by atoms with Gasteiger partial charge in [-0.05, 0) is 25.0 Å². The van der Waals surface area contributed by atoms with Crippen LogP contribution in [0.25, 0.3) is 5.69 Å². The lowest BCUT2D eigenvalue weighted by atomic mass is 10.2. The van der Waals surface area contributed by atoms with Crippen molar-refractivity contribution in [1.82, 2.24) is 14.5 Å². The molecule has 0 unspecified atom stereocenters. The van der Waals surface area contributed by atoms with Crippen LogP contribution in [0.1, 0.15) is 12.1 Å². The van der Waals surface area contributed by atoms with Gasteiger partial charge in [-0.15, -0.1) is 0 Å². The number of nitrogens with zero attached hydrogens (tertiary/aromatic N) is 2. The number of aromatic amines is 1. The summed E-state index contributed by atoms with van der Waals surface area (Å²) in [4.78, 5) is 31.0. The van der Waals surface area contributed by atoms with Gasteiger partial charge in [-0.25, -0.2) is 13.8 Å². The molecule has 0 atom stereocenters. The lowest BCUT2D eigenvalue weighted by molar-refractivity contribution is -0.0883. The number of thioether (sulfide) groups is 2. The number of pyridine rings is 1. The van der Waals surface area contributed by atoms with Crippen LogP contribution in [-0.4, -0.2) is 32.0 Å². The van der Waals surface area contributed by atoms with Crippen molar-refractivity contribution < 1.29 is 22.0 Å². The highest BCUT2D eigenvalue weighted by atomic mass is 32.2. The van der Waals surface area contributed by atoms with Gasteiger partial charge < -0.3 is 10.4 Å². The molecule has 0 saturated heterocycles. The smallest absolute Gasteiger partial charge is 0.324 e. The van der Waals surface area contributed by atoms with Crippen molar-refractivity contribution in [3.8, 4) is 5.69 Å². The van der Waals surface area contributed by atoms with E-state index in [1.165, 1.54) is 13.0 Å². The van der Waals surface area contributed by atoms with Crippen molar-refractivity contribution >= 4 is 29.1 Å². The van der Waals surface area contributed by atoms with E-state index in [2.05, 4.69) is 9.97 Å². The number of rotatable bonds is 6. The Kier molecular flexibility index (Phi) is 7.42. The van der Waals surface area contributed by atoms with Crippen LogP contribution < -0.4 is 11.1 Å². The average molecular weight is 502 g/mol. The Morgan fingerprint density at radius 1 is 1.30 bits per heavy atom. The second kappa shape index (κ2) is 9.91. The molecular formula is C20H15F5N4O2S2. The number of hydrogen-bond donors (Lipinski definition) is 2. The van der Waals surface area contributed by atoms with Crippen molar-refractivity contribution in [2.24, 2.45) is 0 Å². The highest BCUT2D eigenvalue weighted by Gasteiger charge is 2.33. The molecule has 0 amide bonds. The molecule has 1 aliphatic rings. The zero-order valence-corrected chi connectivity index (χ0v) is 18.4. The van der Waals surface area contributed by atoms with Gasteiger partial charge in [-0.3, -0.25) is 14.2 Å². The van der Waals surface area contributed by atoms with Crippen LogP contribution in [0.15, 0.2) is 67.1 Å². The minimum atomic E-state index is -4.70. The van der Waals surface area contributed by atoms with E-state index in [1.807, 2.05) is 0 Å². The fourth-order valence-electron chi connectivity index (χ4n) is 2.85. The van der Waals surface area contributed by atoms with Gasteiger partial charge in [0.25, 0.3) is 11.1 Å². The molecule has 6 nitrogen and oxygen atoms in total. The third-order valence-electron chi connectivity index (χ3n) is 4.44. The molecule has 33 heavy (non-hydrogen) atoms. The molecule has 13 heteroatoms. The lowest BCUT2D eigenvalue weighted by Crippen LogP contribution is -2.26. The van der Waals surface area contributed by atoms with E-state index in [1.54, 1.807) is 0 Å². The Morgan fingerprint density at radius 2 is 2.03 bits per heavy atom. The maximum Gasteiger partial charge on any atom is 0.416 e. The van der Waals surface area contributed by atoms with Gasteiger partial charge in [-0.1, -0.05) is 35.7 Å². The number of hydrogen-bond acceptors (Lipinski definition) is 6. The average Bonchev–Trinajstić information content (AvgIpc) is 2.93. The van der Waals surface area contributed by atoms with E-state index in [0.717, 1.165) is 52.0 Å². The minimum absolute atomic E-state index is 0.00632.